The van der Waals surface area contributed by atoms with Gasteiger partial charge in [-0.05, 0) is 163 Å². The van der Waals surface area contributed by atoms with Gasteiger partial charge in [-0.25, -0.2) is 15.0 Å². The topological polar surface area (TPSA) is 269 Å². The van der Waals surface area contributed by atoms with Gasteiger partial charge in [0.15, 0.2) is 0 Å². The monoisotopic (exact) mass is 1350 g/mol. The van der Waals surface area contributed by atoms with E-state index in [1.165, 1.54) is 39.8 Å². The van der Waals surface area contributed by atoms with Gasteiger partial charge in [-0.3, -0.25) is 19.2 Å². The number of aryl methyl sites for hydroxylation is 1. The number of carbonyl (C=O) groups excluding carboxylic acids is 4. The molecule has 17 nitrogen and oxygen atoms in total. The second-order valence-electron chi connectivity index (χ2n) is 22.2. The van der Waals surface area contributed by atoms with Gasteiger partial charge in [0.1, 0.15) is 0 Å². The van der Waals surface area contributed by atoms with Crippen molar-refractivity contribution in [2.24, 2.45) is 23.1 Å². The molecule has 1 aliphatic rings. The van der Waals surface area contributed by atoms with E-state index >= 15 is 0 Å². The molecule has 12 aromatic rings. The number of halogens is 2. The number of aliphatic hydroxyl groups is 1. The van der Waals surface area contributed by atoms with Crippen LogP contribution in [-0.2, 0) is 25.8 Å². The van der Waals surface area contributed by atoms with Crippen molar-refractivity contribution < 1.29 is 24.3 Å². The summed E-state index contributed by atoms with van der Waals surface area (Å²) in [4.78, 5) is 65.5. The van der Waals surface area contributed by atoms with E-state index in [0.29, 0.717) is 23.0 Å². The highest BCUT2D eigenvalue weighted by atomic mass is 35.5. The van der Waals surface area contributed by atoms with Gasteiger partial charge < -0.3 is 48.5 Å². The molecular formula is C70H68Cl2N12O5S4. The highest BCUT2D eigenvalue weighted by Gasteiger charge is 2.37. The number of hydrogen-bond donors (Lipinski definition) is 8. The predicted octanol–water partition coefficient (Wildman–Crippen LogP) is 14.0. The Hall–Kier alpha value is -8.42. The molecule has 0 radical (unpaired) electrons. The Labute approximate surface area is 564 Å². The Balaban J connectivity index is 0.000000136. The molecule has 1 aliphatic heterocycles. The lowest BCUT2D eigenvalue weighted by Crippen LogP contribution is -2.28. The van der Waals surface area contributed by atoms with Crippen LogP contribution in [0.3, 0.4) is 0 Å². The van der Waals surface area contributed by atoms with E-state index in [2.05, 4.69) is 52.5 Å². The summed E-state index contributed by atoms with van der Waals surface area (Å²) in [6.45, 7) is 4.56. The molecule has 0 unspecified atom stereocenters. The highest BCUT2D eigenvalue weighted by molar-refractivity contribution is 7.17. The smallest absolute Gasteiger partial charge is 0.233 e. The second kappa shape index (κ2) is 32.4. The molecule has 13 rings (SSSR count). The quantitative estimate of drug-likeness (QED) is 0.0422. The van der Waals surface area contributed by atoms with Crippen LogP contribution in [0, 0.1) is 12.8 Å². The lowest BCUT2D eigenvalue weighted by molar-refractivity contribution is -0.120. The van der Waals surface area contributed by atoms with Crippen LogP contribution in [0.1, 0.15) is 63.5 Å². The summed E-state index contributed by atoms with van der Waals surface area (Å²) in [7, 11) is 2.06. The zero-order valence-electron chi connectivity index (χ0n) is 50.7. The molecule has 0 aliphatic carbocycles. The molecular weight excluding hydrogens is 1290 g/mol. The predicted molar refractivity (Wildman–Crippen MR) is 383 cm³/mol. The lowest BCUT2D eigenvalue weighted by Gasteiger charge is -2.18. The van der Waals surface area contributed by atoms with Gasteiger partial charge in [0.2, 0.25) is 23.6 Å². The highest BCUT2D eigenvalue weighted by Crippen LogP contribution is 2.35. The number of rotatable bonds is 17. The van der Waals surface area contributed by atoms with Crippen LogP contribution in [0.4, 0.5) is 22.7 Å². The van der Waals surface area contributed by atoms with Crippen molar-refractivity contribution in [3.8, 4) is 0 Å². The Morgan fingerprint density at radius 1 is 0.548 bits per heavy atom. The van der Waals surface area contributed by atoms with Crippen LogP contribution in [0.2, 0.25) is 10.0 Å². The molecule has 5 atom stereocenters. The van der Waals surface area contributed by atoms with Gasteiger partial charge in [-0.1, -0.05) is 102 Å². The summed E-state index contributed by atoms with van der Waals surface area (Å²) in [5, 5.41) is 23.5. The van der Waals surface area contributed by atoms with E-state index in [1.54, 1.807) is 52.1 Å². The van der Waals surface area contributed by atoms with E-state index in [4.69, 9.17) is 45.5 Å². The van der Waals surface area contributed by atoms with Crippen molar-refractivity contribution in [2.45, 2.75) is 43.6 Å². The molecule has 4 aromatic heterocycles. The van der Waals surface area contributed by atoms with Crippen LogP contribution in [-0.4, -0.2) is 92.7 Å². The van der Waals surface area contributed by atoms with E-state index in [-0.39, 0.29) is 61.1 Å². The fourth-order valence-corrected chi connectivity index (χ4v) is 13.8. The van der Waals surface area contributed by atoms with Crippen molar-refractivity contribution in [1.82, 2.24) is 24.2 Å². The Bertz CT molecular complexity index is 4470. The van der Waals surface area contributed by atoms with E-state index in [9.17, 15) is 19.2 Å². The van der Waals surface area contributed by atoms with Gasteiger partial charge in [0.05, 0.1) is 82.2 Å². The maximum absolute atomic E-state index is 12.9. The van der Waals surface area contributed by atoms with Crippen molar-refractivity contribution >= 4 is 156 Å². The minimum absolute atomic E-state index is 0.0192. The molecule has 4 amide bonds. The number of fused-ring (bicyclic) bond motifs is 4. The first kappa shape index (κ1) is 67.5. The Kier molecular flexibility index (Phi) is 23.5. The summed E-state index contributed by atoms with van der Waals surface area (Å²) in [5.74, 6) is -1.22. The largest absolute Gasteiger partial charge is 0.392 e. The fourth-order valence-electron chi connectivity index (χ4n) is 10.7. The summed E-state index contributed by atoms with van der Waals surface area (Å²) in [6, 6.07) is 53.3. The number of likely N-dealkylation sites (tertiary alicyclic amines) is 1. The number of thiazole rings is 3. The van der Waals surface area contributed by atoms with Gasteiger partial charge in [0.25, 0.3) is 0 Å². The average molecular weight is 1360 g/mol. The first-order valence-electron chi connectivity index (χ1n) is 29.8. The molecule has 1 saturated heterocycles. The maximum atomic E-state index is 12.9. The Morgan fingerprint density at radius 2 is 0.978 bits per heavy atom. The molecule has 23 heteroatoms. The number of nitrogens with zero attached hydrogens (tertiary/aromatic N) is 5. The van der Waals surface area contributed by atoms with Crippen LogP contribution in [0.15, 0.2) is 193 Å². The minimum Gasteiger partial charge on any atom is -0.392 e. The number of anilines is 4. The van der Waals surface area contributed by atoms with Gasteiger partial charge in [-0.2, -0.15) is 4.37 Å². The molecule has 11 N–H and O–H groups in total. The Morgan fingerprint density at radius 3 is 1.46 bits per heavy atom. The van der Waals surface area contributed by atoms with Crippen LogP contribution < -0.4 is 38.5 Å². The van der Waals surface area contributed by atoms with Gasteiger partial charge >= 0.3 is 0 Å². The maximum Gasteiger partial charge on any atom is 0.233 e. The average Bonchev–Trinajstić information content (AvgIpc) is 1.87. The molecule has 0 saturated carbocycles. The molecule has 93 heavy (non-hydrogen) atoms. The number of likely N-dealkylation sites (N-methyl/N-ethyl adjacent to an activating group) is 1. The molecule has 1 fully saturated rings. The first-order chi connectivity index (χ1) is 45.1. The summed E-state index contributed by atoms with van der Waals surface area (Å²) in [6.07, 6.45) is 2.46. The SMILES string of the molecule is CN1C[C@@H](C(=O)Nc2ccc3cnsc3c2)[C@H](c2ccc(Cl)cc2)C1.Cc1ccc([C@@H](CCN)C(=O)Nc2ccc3ncsc3c2)cc1.NC[C@@H](C(=O)Nc1ccc2ncsc2c1)c1ccc(CO)cc1.NC[C@@H](C(=O)Nc1ccc2ncsc2c1)c1ccc(Cl)cc1. The summed E-state index contributed by atoms with van der Waals surface area (Å²) >= 11 is 17.9. The number of benzene rings is 8. The molecule has 5 heterocycles. The zero-order chi connectivity index (χ0) is 65.4. The number of nitrogens with two attached hydrogens (primary N) is 3. The fraction of sp³-hybridized carbons (Fsp3) is 0.200. The van der Waals surface area contributed by atoms with E-state index in [0.717, 1.165) is 104 Å². The molecule has 0 bridgehead atoms. The van der Waals surface area contributed by atoms with Gasteiger partial charge in [-0.15, -0.1) is 34.0 Å². The number of amides is 4. The van der Waals surface area contributed by atoms with Crippen molar-refractivity contribution in [3.05, 3.63) is 236 Å². The van der Waals surface area contributed by atoms with Gasteiger partial charge in [0, 0.05) is 76.5 Å². The van der Waals surface area contributed by atoms with E-state index in [1.807, 2.05) is 159 Å². The molecule has 8 aromatic carbocycles. The third-order valence-electron chi connectivity index (χ3n) is 15.8. The summed E-state index contributed by atoms with van der Waals surface area (Å²) in [5.41, 5.74) is 34.3. The van der Waals surface area contributed by atoms with Crippen LogP contribution in [0.25, 0.3) is 40.7 Å². The third kappa shape index (κ3) is 17.8. The number of hydrogen-bond acceptors (Lipinski definition) is 17. The van der Waals surface area contributed by atoms with Crippen molar-refractivity contribution in [2.75, 3.05) is 61.0 Å². The normalized spacial score (nSPS) is 14.6. The van der Waals surface area contributed by atoms with Crippen molar-refractivity contribution in [1.29, 1.82) is 0 Å². The second-order valence-corrected chi connectivity index (χ2v) is 26.6. The summed E-state index contributed by atoms with van der Waals surface area (Å²) < 4.78 is 8.38. The van der Waals surface area contributed by atoms with Crippen LogP contribution >= 0.6 is 68.7 Å². The zero-order valence-corrected chi connectivity index (χ0v) is 55.5. The number of aliphatic hydroxyl groups excluding tert-OH is 1. The first-order valence-corrected chi connectivity index (χ1v) is 34.0. The molecule has 476 valence electrons. The number of nitrogens with one attached hydrogen (secondary N) is 4. The molecule has 0 spiro atoms. The lowest BCUT2D eigenvalue weighted by atomic mass is 9.88. The minimum atomic E-state index is -0.431. The number of carbonyl (C=O) groups is 4. The van der Waals surface area contributed by atoms with Crippen LogP contribution in [0.5, 0.6) is 0 Å². The van der Waals surface area contributed by atoms with Crippen molar-refractivity contribution in [3.63, 3.8) is 0 Å². The number of aromatic nitrogens is 4. The standard InChI is InChI=1S/C19H18ClN3OS.C18H19N3OS.C17H17N3O2S.C16H14ClN3OS/c1-23-10-16(12-2-5-14(20)6-3-12)17(11-23)19(24)22-15-7-4-13-9-21-25-18(13)8-15;1-12-2-4-13(5-3-12)15(8-9-19)18(22)21-14-6-7-16-17(10-14)23-11-20-16;18-8-14(12-3-1-11(9-21)2-4-12)17(22)20-13-5-6-15-16(7-13)23-10-19-15;17-11-3-1-10(2-4-11)13(8-18)16(21)20-12-5-6-14-15(7-12)22-9-19-14/h2-9,16-17H,10-11H2,1H3,(H,22,24);2-7,10-11,15H,8-9,19H2,1H3,(H,21,22);1-7,10,14,21H,8-9,18H2,(H,20,22);1-7,9,13H,8,18H2,(H,20,21)/t16-,17+;15-;14-;13-/m0111/s1. The third-order valence-corrected chi connectivity index (χ3v) is 19.4. The van der Waals surface area contributed by atoms with E-state index < -0.39 is 11.8 Å².